The molecule has 200 valence electrons. The van der Waals surface area contributed by atoms with Crippen molar-refractivity contribution in [3.05, 3.63) is 78.4 Å². The number of fused-ring (bicyclic) bond motifs is 1. The van der Waals surface area contributed by atoms with E-state index in [1.54, 1.807) is 48.7 Å². The molecular weight excluding hydrogens is 501 g/mol. The predicted molar refractivity (Wildman–Crippen MR) is 144 cm³/mol. The Balaban J connectivity index is 1.15. The molecule has 1 atom stereocenters. The van der Waals surface area contributed by atoms with Crippen LogP contribution < -0.4 is 9.80 Å². The fourth-order valence-corrected chi connectivity index (χ4v) is 4.86. The number of rotatable bonds is 7. The molecule has 1 fully saturated rings. The van der Waals surface area contributed by atoms with Gasteiger partial charge in [0.05, 0.1) is 30.4 Å². The standard InChI is InChI=1S/C27H28FN9O2/c1-27(39,19-2-4-21(28)5-3-19)20-14-29-26(30-15-20)36-8-6-35(7-9-36)25-22-12-23(34-24(22)31-17-32-25)18-13-33-37(16-18)10-11-38/h2-5,12-17,38-39H,6-11H2,1H3,(H,31,32,34). The van der Waals surface area contributed by atoms with E-state index in [9.17, 15) is 9.50 Å². The molecule has 0 bridgehead atoms. The number of H-pyrrole nitrogens is 1. The summed E-state index contributed by atoms with van der Waals surface area (Å²) in [7, 11) is 0. The SMILES string of the molecule is CC(O)(c1ccc(F)cc1)c1cnc(N2CCN(c3ncnc4[nH]c(-c5cnn(CCO)c5)cc34)CC2)nc1. The van der Waals surface area contributed by atoms with E-state index in [2.05, 4.69) is 39.8 Å². The van der Waals surface area contributed by atoms with E-state index in [0.717, 1.165) is 41.2 Å². The van der Waals surface area contributed by atoms with Gasteiger partial charge in [0.25, 0.3) is 0 Å². The van der Waals surface area contributed by atoms with Crippen molar-refractivity contribution in [1.82, 2.24) is 34.7 Å². The minimum absolute atomic E-state index is 0.0292. The van der Waals surface area contributed by atoms with Gasteiger partial charge in [0.1, 0.15) is 29.2 Å². The lowest BCUT2D eigenvalue weighted by atomic mass is 9.90. The monoisotopic (exact) mass is 529 g/mol. The molecule has 4 aromatic heterocycles. The summed E-state index contributed by atoms with van der Waals surface area (Å²) in [6, 6.07) is 7.80. The first-order chi connectivity index (χ1) is 18.9. The summed E-state index contributed by atoms with van der Waals surface area (Å²) in [6.07, 6.45) is 8.45. The highest BCUT2D eigenvalue weighted by atomic mass is 19.1. The van der Waals surface area contributed by atoms with Gasteiger partial charge in [-0.25, -0.2) is 24.3 Å². The van der Waals surface area contributed by atoms with Gasteiger partial charge >= 0.3 is 0 Å². The maximum atomic E-state index is 13.3. The minimum atomic E-state index is -1.34. The second-order valence-electron chi connectivity index (χ2n) is 9.68. The van der Waals surface area contributed by atoms with Crippen molar-refractivity contribution in [1.29, 1.82) is 0 Å². The fraction of sp³-hybridized carbons (Fsp3) is 0.296. The molecule has 0 spiro atoms. The number of hydrogen-bond donors (Lipinski definition) is 3. The van der Waals surface area contributed by atoms with Gasteiger partial charge in [0.2, 0.25) is 5.95 Å². The Hall–Kier alpha value is -4.42. The Morgan fingerprint density at radius 2 is 1.67 bits per heavy atom. The topological polar surface area (TPSA) is 132 Å². The van der Waals surface area contributed by atoms with Crippen LogP contribution in [-0.2, 0) is 12.1 Å². The Morgan fingerprint density at radius 1 is 0.949 bits per heavy atom. The van der Waals surface area contributed by atoms with Gasteiger partial charge in [-0.05, 0) is 30.7 Å². The van der Waals surface area contributed by atoms with Crippen molar-refractivity contribution in [2.45, 2.75) is 19.1 Å². The largest absolute Gasteiger partial charge is 0.394 e. The Morgan fingerprint density at radius 3 is 2.38 bits per heavy atom. The van der Waals surface area contributed by atoms with Gasteiger partial charge in [-0.15, -0.1) is 0 Å². The van der Waals surface area contributed by atoms with E-state index in [1.165, 1.54) is 12.1 Å². The second-order valence-corrected chi connectivity index (χ2v) is 9.68. The molecule has 39 heavy (non-hydrogen) atoms. The summed E-state index contributed by atoms with van der Waals surface area (Å²) < 4.78 is 15.0. The molecule has 5 aromatic rings. The normalized spacial score (nSPS) is 15.6. The third-order valence-electron chi connectivity index (χ3n) is 7.15. The predicted octanol–water partition coefficient (Wildman–Crippen LogP) is 2.33. The van der Waals surface area contributed by atoms with Crippen LogP contribution in [0.15, 0.2) is 61.4 Å². The van der Waals surface area contributed by atoms with Crippen LogP contribution in [0, 0.1) is 5.82 Å². The Kier molecular flexibility index (Phi) is 6.41. The molecule has 3 N–H and O–H groups in total. The van der Waals surface area contributed by atoms with E-state index < -0.39 is 5.60 Å². The number of halogens is 1. The van der Waals surface area contributed by atoms with Crippen molar-refractivity contribution in [3.8, 4) is 11.3 Å². The molecule has 0 aliphatic carbocycles. The van der Waals surface area contributed by atoms with Crippen LogP contribution in [0.5, 0.6) is 0 Å². The lowest BCUT2D eigenvalue weighted by Gasteiger charge is -2.35. The van der Waals surface area contributed by atoms with Crippen molar-refractivity contribution in [2.24, 2.45) is 0 Å². The summed E-state index contributed by atoms with van der Waals surface area (Å²) in [5.74, 6) is 1.09. The van der Waals surface area contributed by atoms with E-state index in [-0.39, 0.29) is 12.4 Å². The third-order valence-corrected chi connectivity index (χ3v) is 7.15. The van der Waals surface area contributed by atoms with Crippen molar-refractivity contribution >= 4 is 22.8 Å². The van der Waals surface area contributed by atoms with E-state index in [4.69, 9.17) is 5.11 Å². The molecule has 0 saturated carbocycles. The summed E-state index contributed by atoms with van der Waals surface area (Å²) >= 11 is 0. The number of nitrogens with zero attached hydrogens (tertiary/aromatic N) is 8. The zero-order valence-corrected chi connectivity index (χ0v) is 21.4. The quantitative estimate of drug-likeness (QED) is 0.291. The molecule has 5 heterocycles. The van der Waals surface area contributed by atoms with E-state index in [0.29, 0.717) is 36.7 Å². The first kappa shape index (κ1) is 24.9. The van der Waals surface area contributed by atoms with E-state index in [1.807, 2.05) is 12.3 Å². The zero-order valence-electron chi connectivity index (χ0n) is 21.4. The minimum Gasteiger partial charge on any atom is -0.394 e. The molecule has 0 radical (unpaired) electrons. The number of aliphatic hydroxyl groups is 2. The number of piperazine rings is 1. The molecule has 12 heteroatoms. The first-order valence-electron chi connectivity index (χ1n) is 12.7. The van der Waals surface area contributed by atoms with Crippen LogP contribution in [0.1, 0.15) is 18.1 Å². The summed E-state index contributed by atoms with van der Waals surface area (Å²) in [6.45, 7) is 4.96. The van der Waals surface area contributed by atoms with Crippen LogP contribution >= 0.6 is 0 Å². The highest BCUT2D eigenvalue weighted by Gasteiger charge is 2.28. The fourth-order valence-electron chi connectivity index (χ4n) is 4.86. The summed E-state index contributed by atoms with van der Waals surface area (Å²) in [5, 5.41) is 25.4. The highest BCUT2D eigenvalue weighted by molar-refractivity contribution is 5.91. The molecule has 11 nitrogen and oxygen atoms in total. The zero-order chi connectivity index (χ0) is 27.0. The Labute approximate surface area is 223 Å². The van der Waals surface area contributed by atoms with Crippen LogP contribution in [0.4, 0.5) is 16.2 Å². The van der Waals surface area contributed by atoms with Gasteiger partial charge in [-0.3, -0.25) is 4.68 Å². The van der Waals surface area contributed by atoms with Crippen molar-refractivity contribution in [2.75, 3.05) is 42.6 Å². The molecule has 1 aliphatic rings. The number of aromatic nitrogens is 7. The van der Waals surface area contributed by atoms with E-state index >= 15 is 0 Å². The highest BCUT2D eigenvalue weighted by Crippen LogP contribution is 2.31. The molecule has 1 unspecified atom stereocenters. The average molecular weight is 530 g/mol. The van der Waals surface area contributed by atoms with Gasteiger partial charge in [0, 0.05) is 55.9 Å². The van der Waals surface area contributed by atoms with Gasteiger partial charge < -0.3 is 25.0 Å². The van der Waals surface area contributed by atoms with Crippen molar-refractivity contribution < 1.29 is 14.6 Å². The van der Waals surface area contributed by atoms with Crippen LogP contribution in [0.2, 0.25) is 0 Å². The number of aliphatic hydroxyl groups excluding tert-OH is 1. The second kappa shape index (κ2) is 10.0. The average Bonchev–Trinajstić information content (AvgIpc) is 3.61. The van der Waals surface area contributed by atoms with Crippen LogP contribution in [0.25, 0.3) is 22.3 Å². The lowest BCUT2D eigenvalue weighted by Crippen LogP contribution is -2.47. The molecule has 1 saturated heterocycles. The molecule has 0 amide bonds. The van der Waals surface area contributed by atoms with Gasteiger partial charge in [-0.2, -0.15) is 5.10 Å². The number of aromatic amines is 1. The number of nitrogens with one attached hydrogen (secondary N) is 1. The maximum Gasteiger partial charge on any atom is 0.225 e. The summed E-state index contributed by atoms with van der Waals surface area (Å²) in [5.41, 5.74) is 2.31. The first-order valence-corrected chi connectivity index (χ1v) is 12.7. The molecule has 1 aliphatic heterocycles. The summed E-state index contributed by atoms with van der Waals surface area (Å²) in [4.78, 5) is 25.7. The van der Waals surface area contributed by atoms with Crippen molar-refractivity contribution in [3.63, 3.8) is 0 Å². The van der Waals surface area contributed by atoms with Crippen LogP contribution in [-0.4, -0.2) is 77.7 Å². The van der Waals surface area contributed by atoms with Gasteiger partial charge in [-0.1, -0.05) is 12.1 Å². The third kappa shape index (κ3) is 4.79. The van der Waals surface area contributed by atoms with Gasteiger partial charge in [0.15, 0.2) is 0 Å². The number of anilines is 2. The molecular formula is C27H28FN9O2. The number of benzene rings is 1. The molecule has 1 aromatic carbocycles. The lowest BCUT2D eigenvalue weighted by molar-refractivity contribution is 0.101. The Bertz CT molecular complexity index is 1570. The van der Waals surface area contributed by atoms with Crippen LogP contribution in [0.3, 0.4) is 0 Å². The maximum absolute atomic E-state index is 13.3. The number of hydrogen-bond acceptors (Lipinski definition) is 9. The molecule has 6 rings (SSSR count). The smallest absolute Gasteiger partial charge is 0.225 e.